The summed E-state index contributed by atoms with van der Waals surface area (Å²) in [6, 6.07) is 2.48. The van der Waals surface area contributed by atoms with Crippen LogP contribution in [0.4, 0.5) is 0 Å². The average Bonchev–Trinajstić information content (AvgIpc) is 3.39. The first-order chi connectivity index (χ1) is 12.2. The predicted molar refractivity (Wildman–Crippen MR) is 120 cm³/mol. The Morgan fingerprint density at radius 2 is 2.15 bits per heavy atom. The third-order valence-electron chi connectivity index (χ3n) is 5.46. The molecule has 0 aromatic carbocycles. The number of aliphatic imine (C=N–C) groups is 1. The van der Waals surface area contributed by atoms with Gasteiger partial charge in [0.15, 0.2) is 5.96 Å². The van der Waals surface area contributed by atoms with Crippen molar-refractivity contribution in [3.63, 3.8) is 0 Å². The molecule has 0 bridgehead atoms. The first-order valence-corrected chi connectivity index (χ1v) is 10.4. The fourth-order valence-corrected chi connectivity index (χ4v) is 4.60. The molecule has 7 heteroatoms. The Morgan fingerprint density at radius 1 is 1.38 bits per heavy atom. The van der Waals surface area contributed by atoms with Crippen LogP contribution >= 0.6 is 35.3 Å². The second-order valence-electron chi connectivity index (χ2n) is 7.31. The lowest BCUT2D eigenvalue weighted by Gasteiger charge is -2.22. The summed E-state index contributed by atoms with van der Waals surface area (Å²) in [5, 5.41) is 11.2. The van der Waals surface area contributed by atoms with Crippen LogP contribution in [0.15, 0.2) is 21.8 Å². The lowest BCUT2D eigenvalue weighted by Crippen LogP contribution is -2.46. The number of hydrogen-bond acceptors (Lipinski definition) is 3. The van der Waals surface area contributed by atoms with Crippen molar-refractivity contribution in [1.82, 2.24) is 15.5 Å². The van der Waals surface area contributed by atoms with Crippen LogP contribution in [-0.2, 0) is 4.79 Å². The van der Waals surface area contributed by atoms with Crippen molar-refractivity contribution in [3.05, 3.63) is 22.4 Å². The van der Waals surface area contributed by atoms with Gasteiger partial charge in [-0.3, -0.25) is 9.79 Å². The molecule has 2 fully saturated rings. The molecule has 2 N–H and O–H groups in total. The van der Waals surface area contributed by atoms with Gasteiger partial charge in [0.25, 0.3) is 0 Å². The van der Waals surface area contributed by atoms with Crippen molar-refractivity contribution < 1.29 is 4.79 Å². The van der Waals surface area contributed by atoms with E-state index in [1.54, 1.807) is 18.4 Å². The van der Waals surface area contributed by atoms with Crippen molar-refractivity contribution in [2.45, 2.75) is 51.0 Å². The van der Waals surface area contributed by atoms with Crippen LogP contribution in [0.2, 0.25) is 0 Å². The third kappa shape index (κ3) is 5.58. The predicted octanol–water partition coefficient (Wildman–Crippen LogP) is 3.43. The number of nitrogens with zero attached hydrogens (tertiary/aromatic N) is 2. The molecule has 2 unspecified atom stereocenters. The van der Waals surface area contributed by atoms with Gasteiger partial charge in [-0.2, -0.15) is 11.3 Å². The molecule has 2 aliphatic rings. The molecule has 1 saturated heterocycles. The molecule has 0 spiro atoms. The Balaban J connectivity index is 0.00000243. The van der Waals surface area contributed by atoms with Crippen LogP contribution < -0.4 is 10.6 Å². The van der Waals surface area contributed by atoms with Gasteiger partial charge in [0.05, 0.1) is 0 Å². The number of amides is 1. The van der Waals surface area contributed by atoms with Gasteiger partial charge in [-0.05, 0) is 47.6 Å². The molecule has 26 heavy (non-hydrogen) atoms. The summed E-state index contributed by atoms with van der Waals surface area (Å²) < 4.78 is 0. The minimum Gasteiger partial charge on any atom is -0.356 e. The van der Waals surface area contributed by atoms with Gasteiger partial charge in [0.2, 0.25) is 5.91 Å². The normalized spacial score (nSPS) is 22.2. The van der Waals surface area contributed by atoms with Crippen LogP contribution in [0.5, 0.6) is 0 Å². The SMILES string of the molecule is CN=C(NCC(C)c1ccsc1)NC1CCN(C(=O)C2CCCC2)C1.I. The van der Waals surface area contributed by atoms with Crippen LogP contribution in [0, 0.1) is 5.92 Å². The Labute approximate surface area is 178 Å². The van der Waals surface area contributed by atoms with E-state index >= 15 is 0 Å². The Morgan fingerprint density at radius 3 is 2.81 bits per heavy atom. The molecule has 1 amide bonds. The molecular weight excluding hydrogens is 459 g/mol. The largest absolute Gasteiger partial charge is 0.356 e. The maximum atomic E-state index is 12.5. The zero-order valence-electron chi connectivity index (χ0n) is 15.7. The summed E-state index contributed by atoms with van der Waals surface area (Å²) >= 11 is 1.74. The summed E-state index contributed by atoms with van der Waals surface area (Å²) in [5.74, 6) is 1.94. The minimum absolute atomic E-state index is 0. The summed E-state index contributed by atoms with van der Waals surface area (Å²) in [7, 11) is 1.81. The van der Waals surface area contributed by atoms with Crippen LogP contribution in [-0.4, -0.2) is 49.5 Å². The number of likely N-dealkylation sites (tertiary alicyclic amines) is 1. The smallest absolute Gasteiger partial charge is 0.225 e. The van der Waals surface area contributed by atoms with E-state index in [-0.39, 0.29) is 29.9 Å². The van der Waals surface area contributed by atoms with E-state index in [4.69, 9.17) is 0 Å². The van der Waals surface area contributed by atoms with Crippen LogP contribution in [0.3, 0.4) is 0 Å². The first-order valence-electron chi connectivity index (χ1n) is 9.45. The highest BCUT2D eigenvalue weighted by molar-refractivity contribution is 14.0. The quantitative estimate of drug-likeness (QED) is 0.378. The second kappa shape index (κ2) is 10.5. The van der Waals surface area contributed by atoms with E-state index in [9.17, 15) is 4.79 Å². The van der Waals surface area contributed by atoms with Gasteiger partial charge >= 0.3 is 0 Å². The van der Waals surface area contributed by atoms with E-state index < -0.39 is 0 Å². The number of hydrogen-bond donors (Lipinski definition) is 2. The van der Waals surface area contributed by atoms with Crippen LogP contribution in [0.25, 0.3) is 0 Å². The fourth-order valence-electron chi connectivity index (χ4n) is 3.82. The summed E-state index contributed by atoms with van der Waals surface area (Å²) in [5.41, 5.74) is 1.36. The zero-order valence-corrected chi connectivity index (χ0v) is 18.9. The highest BCUT2D eigenvalue weighted by Gasteiger charge is 2.32. The topological polar surface area (TPSA) is 56.7 Å². The number of halogens is 1. The van der Waals surface area contributed by atoms with Gasteiger partial charge in [0.1, 0.15) is 0 Å². The zero-order chi connectivity index (χ0) is 17.6. The van der Waals surface area contributed by atoms with Crippen molar-refractivity contribution in [3.8, 4) is 0 Å². The van der Waals surface area contributed by atoms with Gasteiger partial charge in [-0.1, -0.05) is 19.8 Å². The average molecular weight is 490 g/mol. The first kappa shape index (κ1) is 21.5. The maximum Gasteiger partial charge on any atom is 0.225 e. The molecule has 1 aromatic rings. The van der Waals surface area contributed by atoms with Crippen molar-refractivity contribution in [1.29, 1.82) is 0 Å². The molecule has 1 aromatic heterocycles. The molecule has 1 saturated carbocycles. The van der Waals surface area contributed by atoms with Crippen molar-refractivity contribution in [2.75, 3.05) is 26.7 Å². The van der Waals surface area contributed by atoms with Crippen molar-refractivity contribution in [2.24, 2.45) is 10.9 Å². The molecule has 1 aliphatic heterocycles. The summed E-state index contributed by atoms with van der Waals surface area (Å²) in [6.07, 6.45) is 5.59. The van der Waals surface area contributed by atoms with Crippen molar-refractivity contribution >= 4 is 47.2 Å². The van der Waals surface area contributed by atoms with Crippen LogP contribution in [0.1, 0.15) is 50.5 Å². The van der Waals surface area contributed by atoms with Gasteiger partial charge in [0, 0.05) is 38.6 Å². The molecule has 2 heterocycles. The molecule has 3 rings (SSSR count). The minimum atomic E-state index is 0. The molecule has 146 valence electrons. The van der Waals surface area contributed by atoms with E-state index in [1.807, 2.05) is 0 Å². The third-order valence-corrected chi connectivity index (χ3v) is 6.16. The number of nitrogens with one attached hydrogen (secondary N) is 2. The fraction of sp³-hybridized carbons (Fsp3) is 0.684. The number of rotatable bonds is 5. The highest BCUT2D eigenvalue weighted by Crippen LogP contribution is 2.27. The van der Waals surface area contributed by atoms with E-state index in [0.29, 0.717) is 17.9 Å². The highest BCUT2D eigenvalue weighted by atomic mass is 127. The molecule has 0 radical (unpaired) electrons. The lowest BCUT2D eigenvalue weighted by atomic mass is 10.1. The summed E-state index contributed by atoms with van der Waals surface area (Å²) in [4.78, 5) is 18.9. The number of carbonyl (C=O) groups is 1. The second-order valence-corrected chi connectivity index (χ2v) is 8.09. The van der Waals surface area contributed by atoms with Gasteiger partial charge < -0.3 is 15.5 Å². The van der Waals surface area contributed by atoms with Gasteiger partial charge in [-0.15, -0.1) is 24.0 Å². The Hall–Kier alpha value is -0.830. The lowest BCUT2D eigenvalue weighted by molar-refractivity contribution is -0.134. The van der Waals surface area contributed by atoms with Gasteiger partial charge in [-0.25, -0.2) is 0 Å². The molecule has 5 nitrogen and oxygen atoms in total. The Bertz CT molecular complexity index is 586. The monoisotopic (exact) mass is 490 g/mol. The maximum absolute atomic E-state index is 12.5. The molecule has 1 aliphatic carbocycles. The summed E-state index contributed by atoms with van der Waals surface area (Å²) in [6.45, 7) is 4.75. The van der Waals surface area contributed by atoms with E-state index in [1.165, 1.54) is 18.4 Å². The van der Waals surface area contributed by atoms with E-state index in [2.05, 4.69) is 44.3 Å². The molecular formula is C19H31IN4OS. The van der Waals surface area contributed by atoms with E-state index in [0.717, 1.165) is 44.9 Å². The number of thiophene rings is 1. The number of carbonyl (C=O) groups excluding carboxylic acids is 1. The number of guanidine groups is 1. The standard InChI is InChI=1S/C19H30N4OS.HI/c1-14(16-8-10-25-13-16)11-21-19(20-2)22-17-7-9-23(12-17)18(24)15-5-3-4-6-15;/h8,10,13-15,17H,3-7,9,11-12H2,1-2H3,(H2,20,21,22);1H. The molecule has 2 atom stereocenters. The Kier molecular flexibility index (Phi) is 8.66.